The first-order valence-corrected chi connectivity index (χ1v) is 3.96. The molecule has 14 heavy (non-hydrogen) atoms. The molecule has 0 bridgehead atoms. The average molecular weight is 192 g/mol. The maximum absolute atomic E-state index is 6.97. The van der Waals surface area contributed by atoms with Crippen LogP contribution in [0.2, 0.25) is 0 Å². The van der Waals surface area contributed by atoms with Crippen LogP contribution < -0.4 is 16.2 Å². The highest BCUT2D eigenvalue weighted by molar-refractivity contribution is 6.05. The Hall–Kier alpha value is -2.04. The van der Waals surface area contributed by atoms with Crippen molar-refractivity contribution in [2.45, 2.75) is 0 Å². The van der Waals surface area contributed by atoms with Gasteiger partial charge in [0.05, 0.1) is 12.7 Å². The van der Waals surface area contributed by atoms with E-state index in [0.29, 0.717) is 11.3 Å². The minimum atomic E-state index is -0.326. The van der Waals surface area contributed by atoms with Gasteiger partial charge in [0.15, 0.2) is 0 Å². The van der Waals surface area contributed by atoms with Gasteiger partial charge in [-0.05, 0) is 12.1 Å². The van der Waals surface area contributed by atoms with Crippen LogP contribution in [0, 0.1) is 5.41 Å². The van der Waals surface area contributed by atoms with Gasteiger partial charge in [-0.3, -0.25) is 5.41 Å². The standard InChI is InChI=1S/C9H12N4O/c1-14-7-5-3-2-4-6(7)8(10)13-9(11)12/h2-5H,1H3,(H5,10,11,12,13). The molecule has 0 saturated carbocycles. The normalized spacial score (nSPS) is 11.1. The number of hydrogen-bond acceptors (Lipinski definition) is 2. The van der Waals surface area contributed by atoms with E-state index in [-0.39, 0.29) is 11.8 Å². The number of para-hydroxylation sites is 1. The summed E-state index contributed by atoms with van der Waals surface area (Å²) in [5, 5.41) is 6.97. The lowest BCUT2D eigenvalue weighted by molar-refractivity contribution is 0.414. The molecule has 0 unspecified atom stereocenters. The van der Waals surface area contributed by atoms with Crippen LogP contribution in [0.15, 0.2) is 29.3 Å². The summed E-state index contributed by atoms with van der Waals surface area (Å²) >= 11 is 0. The van der Waals surface area contributed by atoms with Gasteiger partial charge in [-0.15, -0.1) is 0 Å². The Kier molecular flexibility index (Phi) is 3.06. The van der Waals surface area contributed by atoms with Gasteiger partial charge in [0.25, 0.3) is 0 Å². The van der Waals surface area contributed by atoms with E-state index in [1.807, 2.05) is 6.07 Å². The minimum absolute atomic E-state index is 0.176. The van der Waals surface area contributed by atoms with Gasteiger partial charge in [0.1, 0.15) is 11.6 Å². The molecule has 0 heterocycles. The molecule has 74 valence electrons. The third-order valence-electron chi connectivity index (χ3n) is 1.62. The highest BCUT2D eigenvalue weighted by atomic mass is 16.5. The van der Waals surface area contributed by atoms with Gasteiger partial charge in [-0.2, -0.15) is 4.99 Å². The summed E-state index contributed by atoms with van der Waals surface area (Å²) in [4.78, 5) is 3.63. The third kappa shape index (κ3) is 2.22. The molecule has 5 heteroatoms. The van der Waals surface area contributed by atoms with E-state index < -0.39 is 0 Å². The van der Waals surface area contributed by atoms with Crippen molar-refractivity contribution in [3.63, 3.8) is 0 Å². The zero-order valence-electron chi connectivity index (χ0n) is 7.82. The number of methoxy groups -OCH3 is 1. The molecule has 1 aromatic carbocycles. The largest absolute Gasteiger partial charge is 0.496 e. The van der Waals surface area contributed by atoms with Crippen LogP contribution in [0.1, 0.15) is 5.56 Å². The van der Waals surface area contributed by atoms with Crippen LogP contribution in [0.25, 0.3) is 0 Å². The second kappa shape index (κ2) is 4.27. The second-order valence-corrected chi connectivity index (χ2v) is 2.58. The molecular formula is C9H12N4O. The fourth-order valence-electron chi connectivity index (χ4n) is 1.05. The average Bonchev–Trinajstić information content (AvgIpc) is 2.16. The van der Waals surface area contributed by atoms with Gasteiger partial charge < -0.3 is 16.2 Å². The van der Waals surface area contributed by atoms with E-state index in [2.05, 4.69) is 4.99 Å². The van der Waals surface area contributed by atoms with Crippen molar-refractivity contribution in [2.24, 2.45) is 16.5 Å². The van der Waals surface area contributed by atoms with Crippen LogP contribution in [-0.2, 0) is 0 Å². The maximum atomic E-state index is 6.97. The number of nitrogens with one attached hydrogen (secondary N) is 1. The Bertz CT molecular complexity index is 373. The first kappa shape index (κ1) is 10.0. The predicted molar refractivity (Wildman–Crippen MR) is 55.6 cm³/mol. The molecule has 0 aliphatic carbocycles. The smallest absolute Gasteiger partial charge is 0.214 e. The topological polar surface area (TPSA) is 97.5 Å². The van der Waals surface area contributed by atoms with Gasteiger partial charge in [-0.1, -0.05) is 12.1 Å². The van der Waals surface area contributed by atoms with E-state index in [0.717, 1.165) is 0 Å². The predicted octanol–water partition coefficient (Wildman–Crippen LogP) is 0.294. The number of nitrogens with zero attached hydrogens (tertiary/aromatic N) is 1. The summed E-state index contributed by atoms with van der Waals surface area (Å²) < 4.78 is 5.08. The third-order valence-corrected chi connectivity index (χ3v) is 1.62. The Morgan fingerprint density at radius 1 is 1.36 bits per heavy atom. The zero-order valence-corrected chi connectivity index (χ0v) is 7.82. The Morgan fingerprint density at radius 3 is 2.57 bits per heavy atom. The number of rotatable bonds is 2. The summed E-state index contributed by atoms with van der Waals surface area (Å²) in [6.07, 6.45) is 0. The SMILES string of the molecule is COc1ccccc1/C(N)=N/C(=N)N. The number of hydrogen-bond donors (Lipinski definition) is 3. The fourth-order valence-corrected chi connectivity index (χ4v) is 1.05. The number of aliphatic imine (C=N–C) groups is 1. The summed E-state index contributed by atoms with van der Waals surface area (Å²) in [6.45, 7) is 0. The summed E-state index contributed by atoms with van der Waals surface area (Å²) in [5.41, 5.74) is 11.3. The molecule has 0 radical (unpaired) electrons. The van der Waals surface area contributed by atoms with E-state index >= 15 is 0 Å². The quantitative estimate of drug-likeness (QED) is 0.464. The lowest BCUT2D eigenvalue weighted by atomic mass is 10.2. The van der Waals surface area contributed by atoms with E-state index in [1.165, 1.54) is 0 Å². The molecule has 0 atom stereocenters. The molecule has 0 saturated heterocycles. The molecule has 0 aromatic heterocycles. The van der Waals surface area contributed by atoms with Crippen LogP contribution >= 0.6 is 0 Å². The van der Waals surface area contributed by atoms with Gasteiger partial charge in [0, 0.05) is 0 Å². The number of amidine groups is 1. The fraction of sp³-hybridized carbons (Fsp3) is 0.111. The Balaban J connectivity index is 3.11. The summed E-state index contributed by atoms with van der Waals surface area (Å²) in [6, 6.07) is 7.14. The highest BCUT2D eigenvalue weighted by Gasteiger charge is 2.05. The van der Waals surface area contributed by atoms with Crippen molar-refractivity contribution >= 4 is 11.8 Å². The van der Waals surface area contributed by atoms with Gasteiger partial charge in [0.2, 0.25) is 5.96 Å². The molecule has 0 fully saturated rings. The molecule has 0 spiro atoms. The summed E-state index contributed by atoms with van der Waals surface area (Å²) in [7, 11) is 1.54. The van der Waals surface area contributed by atoms with Crippen molar-refractivity contribution in [1.82, 2.24) is 0 Å². The van der Waals surface area contributed by atoms with E-state index in [1.54, 1.807) is 25.3 Å². The van der Waals surface area contributed by atoms with E-state index in [4.69, 9.17) is 21.6 Å². The molecule has 0 amide bonds. The van der Waals surface area contributed by atoms with Crippen LogP contribution in [0.5, 0.6) is 5.75 Å². The molecule has 1 aromatic rings. The van der Waals surface area contributed by atoms with Crippen molar-refractivity contribution < 1.29 is 4.74 Å². The van der Waals surface area contributed by atoms with Gasteiger partial charge >= 0.3 is 0 Å². The van der Waals surface area contributed by atoms with Gasteiger partial charge in [-0.25, -0.2) is 0 Å². The first-order chi connectivity index (χ1) is 6.65. The van der Waals surface area contributed by atoms with Crippen molar-refractivity contribution in [2.75, 3.05) is 7.11 Å². The lowest BCUT2D eigenvalue weighted by Crippen LogP contribution is -2.19. The zero-order chi connectivity index (χ0) is 10.6. The number of guanidine groups is 1. The van der Waals surface area contributed by atoms with Crippen LogP contribution in [0.3, 0.4) is 0 Å². The number of ether oxygens (including phenoxy) is 1. The lowest BCUT2D eigenvalue weighted by Gasteiger charge is -2.06. The number of nitrogens with two attached hydrogens (primary N) is 2. The monoisotopic (exact) mass is 192 g/mol. The molecule has 5 N–H and O–H groups in total. The Labute approximate surface area is 81.9 Å². The maximum Gasteiger partial charge on any atom is 0.214 e. The molecule has 0 aliphatic heterocycles. The molecular weight excluding hydrogens is 180 g/mol. The summed E-state index contributed by atoms with van der Waals surface area (Å²) in [5.74, 6) is 0.457. The second-order valence-electron chi connectivity index (χ2n) is 2.58. The van der Waals surface area contributed by atoms with Crippen LogP contribution in [0.4, 0.5) is 0 Å². The number of benzene rings is 1. The molecule has 5 nitrogen and oxygen atoms in total. The highest BCUT2D eigenvalue weighted by Crippen LogP contribution is 2.16. The van der Waals surface area contributed by atoms with E-state index in [9.17, 15) is 0 Å². The molecule has 0 aliphatic rings. The Morgan fingerprint density at radius 2 is 2.00 bits per heavy atom. The van der Waals surface area contributed by atoms with Crippen LogP contribution in [-0.4, -0.2) is 18.9 Å². The van der Waals surface area contributed by atoms with Crippen molar-refractivity contribution in [3.05, 3.63) is 29.8 Å². The minimum Gasteiger partial charge on any atom is -0.496 e. The van der Waals surface area contributed by atoms with Crippen molar-refractivity contribution in [1.29, 1.82) is 5.41 Å². The first-order valence-electron chi connectivity index (χ1n) is 3.96. The van der Waals surface area contributed by atoms with Crippen molar-refractivity contribution in [3.8, 4) is 5.75 Å². The molecule has 1 rings (SSSR count).